The average molecular weight is 353 g/mol. The zero-order valence-corrected chi connectivity index (χ0v) is 15.1. The highest BCUT2D eigenvalue weighted by atomic mass is 16.3. The van der Waals surface area contributed by atoms with Crippen molar-refractivity contribution in [1.82, 2.24) is 14.9 Å². The Morgan fingerprint density at radius 2 is 1.85 bits per heavy atom. The molecule has 1 aromatic carbocycles. The van der Waals surface area contributed by atoms with E-state index < -0.39 is 5.60 Å². The highest BCUT2D eigenvalue weighted by molar-refractivity contribution is 5.77. The number of benzene rings is 1. The maximum Gasteiger partial charge on any atom is 0.221 e. The molecule has 5 heteroatoms. The van der Waals surface area contributed by atoms with Gasteiger partial charge < -0.3 is 15.0 Å². The van der Waals surface area contributed by atoms with Gasteiger partial charge >= 0.3 is 0 Å². The van der Waals surface area contributed by atoms with Gasteiger partial charge in [0.1, 0.15) is 0 Å². The van der Waals surface area contributed by atoms with Gasteiger partial charge in [0.05, 0.1) is 23.0 Å². The lowest BCUT2D eigenvalue weighted by atomic mass is 9.50. The van der Waals surface area contributed by atoms with Gasteiger partial charge in [-0.15, -0.1) is 0 Å². The van der Waals surface area contributed by atoms with Crippen molar-refractivity contribution < 1.29 is 9.90 Å². The van der Waals surface area contributed by atoms with Crippen LogP contribution in [0.15, 0.2) is 30.6 Å². The molecule has 5 nitrogen and oxygen atoms in total. The number of rotatable bonds is 5. The van der Waals surface area contributed by atoms with Crippen molar-refractivity contribution in [3.8, 4) is 0 Å². The second kappa shape index (κ2) is 6.08. The van der Waals surface area contributed by atoms with Gasteiger partial charge in [-0.1, -0.05) is 12.1 Å². The van der Waals surface area contributed by atoms with E-state index in [0.29, 0.717) is 31.3 Å². The minimum Gasteiger partial charge on any atom is -0.387 e. The molecule has 1 amide bonds. The standard InChI is InChI=1S/C21H27N3O2/c25-20(5-6-24-13-23-18-3-1-2-4-19(18)24)22-12-21(26)16-8-14-7-15(10-16)11-17(21)9-14/h1-4,13-17,26H,5-12H2,(H,22,25). The third-order valence-corrected chi connectivity index (χ3v) is 7.23. The molecule has 4 aliphatic rings. The summed E-state index contributed by atoms with van der Waals surface area (Å²) in [4.78, 5) is 16.8. The molecule has 0 saturated heterocycles. The second-order valence-corrected chi connectivity index (χ2v) is 8.75. The largest absolute Gasteiger partial charge is 0.387 e. The molecule has 1 aromatic heterocycles. The van der Waals surface area contributed by atoms with E-state index >= 15 is 0 Å². The number of nitrogens with one attached hydrogen (secondary N) is 1. The molecule has 4 saturated carbocycles. The lowest BCUT2D eigenvalue weighted by Gasteiger charge is -2.58. The monoisotopic (exact) mass is 353 g/mol. The topological polar surface area (TPSA) is 67.2 Å². The smallest absolute Gasteiger partial charge is 0.221 e. The number of imidazole rings is 1. The van der Waals surface area contributed by atoms with E-state index in [2.05, 4.69) is 10.3 Å². The molecule has 0 atom stereocenters. The van der Waals surface area contributed by atoms with E-state index in [1.54, 1.807) is 6.33 Å². The van der Waals surface area contributed by atoms with Crippen LogP contribution in [0.5, 0.6) is 0 Å². The Bertz CT molecular complexity index is 800. The summed E-state index contributed by atoms with van der Waals surface area (Å²) in [6, 6.07) is 7.96. The molecule has 0 aliphatic heterocycles. The SMILES string of the molecule is O=C(CCn1cnc2ccccc21)NCC1(O)C2CC3CC(C2)CC1C3. The summed E-state index contributed by atoms with van der Waals surface area (Å²) in [6.45, 7) is 1.03. The molecule has 6 rings (SSSR count). The third kappa shape index (κ3) is 2.64. The van der Waals surface area contributed by atoms with Crippen molar-refractivity contribution in [2.24, 2.45) is 23.7 Å². The summed E-state index contributed by atoms with van der Waals surface area (Å²) >= 11 is 0. The van der Waals surface area contributed by atoms with Gasteiger partial charge in [0.15, 0.2) is 0 Å². The number of aliphatic hydroxyl groups is 1. The van der Waals surface area contributed by atoms with Crippen LogP contribution < -0.4 is 5.32 Å². The van der Waals surface area contributed by atoms with Crippen molar-refractivity contribution in [2.75, 3.05) is 6.54 Å². The van der Waals surface area contributed by atoms with Crippen LogP contribution in [0.4, 0.5) is 0 Å². The number of para-hydroxylation sites is 2. The van der Waals surface area contributed by atoms with Crippen LogP contribution in [-0.4, -0.2) is 32.7 Å². The first kappa shape index (κ1) is 16.3. The fraction of sp³-hybridized carbons (Fsp3) is 0.619. The Kier molecular flexibility index (Phi) is 3.82. The molecule has 1 heterocycles. The number of hydrogen-bond acceptors (Lipinski definition) is 3. The number of carbonyl (C=O) groups is 1. The van der Waals surface area contributed by atoms with Gasteiger partial charge in [-0.05, 0) is 67.9 Å². The van der Waals surface area contributed by atoms with Crippen LogP contribution in [0.1, 0.15) is 38.5 Å². The molecule has 26 heavy (non-hydrogen) atoms. The van der Waals surface area contributed by atoms with Crippen molar-refractivity contribution in [3.63, 3.8) is 0 Å². The van der Waals surface area contributed by atoms with Gasteiger partial charge in [0, 0.05) is 19.5 Å². The number of amides is 1. The van der Waals surface area contributed by atoms with E-state index in [4.69, 9.17) is 0 Å². The summed E-state index contributed by atoms with van der Waals surface area (Å²) in [7, 11) is 0. The van der Waals surface area contributed by atoms with Crippen LogP contribution in [0.3, 0.4) is 0 Å². The third-order valence-electron chi connectivity index (χ3n) is 7.23. The Hall–Kier alpha value is -1.88. The fourth-order valence-electron chi connectivity index (χ4n) is 6.03. The number of aryl methyl sites for hydroxylation is 1. The van der Waals surface area contributed by atoms with Gasteiger partial charge in [-0.25, -0.2) is 4.98 Å². The van der Waals surface area contributed by atoms with Crippen LogP contribution >= 0.6 is 0 Å². The molecule has 4 bridgehead atoms. The Morgan fingerprint density at radius 1 is 1.15 bits per heavy atom. The van der Waals surface area contributed by atoms with Gasteiger partial charge in [0.2, 0.25) is 5.91 Å². The first-order valence-corrected chi connectivity index (χ1v) is 10.0. The predicted octanol–water partition coefficient (Wildman–Crippen LogP) is 2.73. The zero-order chi connectivity index (χ0) is 17.7. The highest BCUT2D eigenvalue weighted by Gasteiger charge is 2.56. The van der Waals surface area contributed by atoms with Crippen molar-refractivity contribution in [3.05, 3.63) is 30.6 Å². The zero-order valence-electron chi connectivity index (χ0n) is 15.1. The molecule has 0 unspecified atom stereocenters. The van der Waals surface area contributed by atoms with E-state index in [1.165, 1.54) is 6.42 Å². The predicted molar refractivity (Wildman–Crippen MR) is 99.4 cm³/mol. The van der Waals surface area contributed by atoms with Crippen LogP contribution in [0.25, 0.3) is 11.0 Å². The van der Waals surface area contributed by atoms with E-state index in [9.17, 15) is 9.90 Å². The van der Waals surface area contributed by atoms with Gasteiger partial charge in [-0.3, -0.25) is 4.79 Å². The van der Waals surface area contributed by atoms with Crippen LogP contribution in [-0.2, 0) is 11.3 Å². The molecule has 4 fully saturated rings. The average Bonchev–Trinajstić information content (AvgIpc) is 3.05. The number of carbonyl (C=O) groups excluding carboxylic acids is 1. The minimum atomic E-state index is -0.676. The van der Waals surface area contributed by atoms with Crippen molar-refractivity contribution >= 4 is 16.9 Å². The summed E-state index contributed by atoms with van der Waals surface area (Å²) in [6.07, 6.45) is 8.19. The highest BCUT2D eigenvalue weighted by Crippen LogP contribution is 2.58. The lowest BCUT2D eigenvalue weighted by molar-refractivity contribution is -0.171. The van der Waals surface area contributed by atoms with Gasteiger partial charge in [-0.2, -0.15) is 0 Å². The van der Waals surface area contributed by atoms with E-state index in [0.717, 1.165) is 48.6 Å². The molecular weight excluding hydrogens is 326 g/mol. The van der Waals surface area contributed by atoms with Crippen LogP contribution in [0.2, 0.25) is 0 Å². The molecule has 0 spiro atoms. The quantitative estimate of drug-likeness (QED) is 0.868. The van der Waals surface area contributed by atoms with Gasteiger partial charge in [0.25, 0.3) is 0 Å². The number of fused-ring (bicyclic) bond motifs is 1. The van der Waals surface area contributed by atoms with Crippen molar-refractivity contribution in [1.29, 1.82) is 0 Å². The molecule has 2 N–H and O–H groups in total. The summed E-state index contributed by atoms with van der Waals surface area (Å²) in [5, 5.41) is 14.3. The molecular formula is C21H27N3O2. The maximum absolute atomic E-state index is 12.4. The summed E-state index contributed by atoms with van der Waals surface area (Å²) < 4.78 is 2.02. The fourth-order valence-corrected chi connectivity index (χ4v) is 6.03. The van der Waals surface area contributed by atoms with E-state index in [1.807, 2.05) is 28.8 Å². The molecule has 138 valence electrons. The number of aromatic nitrogens is 2. The summed E-state index contributed by atoms with van der Waals surface area (Å²) in [5.74, 6) is 2.43. The van der Waals surface area contributed by atoms with E-state index in [-0.39, 0.29) is 5.91 Å². The maximum atomic E-state index is 12.4. The minimum absolute atomic E-state index is 0.0185. The Morgan fingerprint density at radius 3 is 2.58 bits per heavy atom. The first-order valence-electron chi connectivity index (χ1n) is 10.0. The normalized spacial score (nSPS) is 35.1. The molecule has 0 radical (unpaired) electrons. The second-order valence-electron chi connectivity index (χ2n) is 8.75. The lowest BCUT2D eigenvalue weighted by Crippen LogP contribution is -2.62. The Balaban J connectivity index is 1.19. The molecule has 2 aromatic rings. The first-order chi connectivity index (χ1) is 12.6. The Labute approximate surface area is 153 Å². The van der Waals surface area contributed by atoms with Crippen molar-refractivity contribution in [2.45, 2.75) is 50.7 Å². The molecule has 4 aliphatic carbocycles. The number of hydrogen-bond donors (Lipinski definition) is 2. The summed E-state index contributed by atoms with van der Waals surface area (Å²) in [5.41, 5.74) is 1.33. The van der Waals surface area contributed by atoms with Crippen LogP contribution in [0, 0.1) is 23.7 Å². The number of nitrogens with zero attached hydrogens (tertiary/aromatic N) is 2.